The number of carbonyl (C=O) groups excluding carboxylic acids is 2. The average Bonchev–Trinajstić information content (AvgIpc) is 2.35. The fraction of sp³-hybridized carbons (Fsp3) is 0.429. The predicted octanol–water partition coefficient (Wildman–Crippen LogP) is 2.04. The van der Waals surface area contributed by atoms with E-state index in [1.807, 2.05) is 13.8 Å². The maximum atomic E-state index is 12.4. The van der Waals surface area contributed by atoms with E-state index >= 15 is 0 Å². The maximum absolute atomic E-state index is 12.4. The van der Waals surface area contributed by atoms with Crippen LogP contribution in [0.15, 0.2) is 22.7 Å². The molecule has 0 aliphatic carbocycles. The van der Waals surface area contributed by atoms with Gasteiger partial charge in [0.25, 0.3) is 5.91 Å². The van der Waals surface area contributed by atoms with Crippen molar-refractivity contribution >= 4 is 27.7 Å². The van der Waals surface area contributed by atoms with Gasteiger partial charge in [-0.05, 0) is 40.0 Å². The predicted molar refractivity (Wildman–Crippen MR) is 80.6 cm³/mol. The number of methoxy groups -OCH3 is 1. The summed E-state index contributed by atoms with van der Waals surface area (Å²) in [6.45, 7) is 4.35. The zero-order valence-electron chi connectivity index (χ0n) is 11.9. The molecule has 0 atom stereocenters. The molecule has 6 heteroatoms. The summed E-state index contributed by atoms with van der Waals surface area (Å²) in [5.74, 6) is 0.152. The molecule has 0 unspecified atom stereocenters. The van der Waals surface area contributed by atoms with Crippen LogP contribution in [0, 0.1) is 5.92 Å². The number of amides is 2. The van der Waals surface area contributed by atoms with Crippen molar-refractivity contribution in [2.24, 2.45) is 11.7 Å². The van der Waals surface area contributed by atoms with E-state index in [1.165, 1.54) is 4.90 Å². The minimum Gasteiger partial charge on any atom is -0.496 e. The van der Waals surface area contributed by atoms with Crippen molar-refractivity contribution in [3.63, 3.8) is 0 Å². The highest BCUT2D eigenvalue weighted by Crippen LogP contribution is 2.26. The molecule has 1 rings (SSSR count). The smallest absolute Gasteiger partial charge is 0.254 e. The van der Waals surface area contributed by atoms with Crippen molar-refractivity contribution in [1.82, 2.24) is 4.90 Å². The van der Waals surface area contributed by atoms with E-state index in [-0.39, 0.29) is 18.4 Å². The van der Waals surface area contributed by atoms with Gasteiger partial charge in [0.05, 0.1) is 18.1 Å². The third-order valence-corrected chi connectivity index (χ3v) is 3.24. The minimum absolute atomic E-state index is 0.0827. The molecule has 0 aromatic heterocycles. The number of ether oxygens (including phenoxy) is 1. The van der Waals surface area contributed by atoms with Gasteiger partial charge >= 0.3 is 0 Å². The highest BCUT2D eigenvalue weighted by Gasteiger charge is 2.19. The zero-order chi connectivity index (χ0) is 15.3. The molecule has 2 N–H and O–H groups in total. The Kier molecular flexibility index (Phi) is 6.01. The average molecular weight is 343 g/mol. The quantitative estimate of drug-likeness (QED) is 0.859. The highest BCUT2D eigenvalue weighted by molar-refractivity contribution is 9.10. The van der Waals surface area contributed by atoms with Gasteiger partial charge < -0.3 is 15.4 Å². The Morgan fingerprint density at radius 1 is 1.40 bits per heavy atom. The van der Waals surface area contributed by atoms with E-state index in [0.29, 0.717) is 22.3 Å². The van der Waals surface area contributed by atoms with Crippen molar-refractivity contribution < 1.29 is 14.3 Å². The van der Waals surface area contributed by atoms with E-state index < -0.39 is 5.91 Å². The molecule has 0 radical (unpaired) electrons. The monoisotopic (exact) mass is 342 g/mol. The number of rotatable bonds is 6. The fourth-order valence-electron chi connectivity index (χ4n) is 1.83. The summed E-state index contributed by atoms with van der Waals surface area (Å²) < 4.78 is 5.81. The first-order valence-corrected chi connectivity index (χ1v) is 7.05. The number of nitrogens with two attached hydrogens (primary N) is 1. The molecule has 1 aromatic rings. The number of hydrogen-bond donors (Lipinski definition) is 1. The third kappa shape index (κ3) is 4.52. The molecule has 20 heavy (non-hydrogen) atoms. The van der Waals surface area contributed by atoms with Gasteiger partial charge in [0, 0.05) is 12.1 Å². The topological polar surface area (TPSA) is 72.6 Å². The SMILES string of the molecule is COc1ccc(C(=O)N(CC(N)=O)CC(C)C)cc1Br. The molecule has 2 amide bonds. The van der Waals surface area contributed by atoms with E-state index in [0.717, 1.165) is 0 Å². The van der Waals surface area contributed by atoms with Gasteiger partial charge in [0.15, 0.2) is 0 Å². The molecule has 5 nitrogen and oxygen atoms in total. The van der Waals surface area contributed by atoms with Crippen molar-refractivity contribution in [1.29, 1.82) is 0 Å². The van der Waals surface area contributed by atoms with Crippen LogP contribution in [-0.2, 0) is 4.79 Å². The summed E-state index contributed by atoms with van der Waals surface area (Å²) in [5.41, 5.74) is 5.68. The number of benzene rings is 1. The van der Waals surface area contributed by atoms with Gasteiger partial charge in [-0.1, -0.05) is 13.8 Å². The summed E-state index contributed by atoms with van der Waals surface area (Å²) in [6.07, 6.45) is 0. The number of hydrogen-bond acceptors (Lipinski definition) is 3. The second-order valence-corrected chi connectivity index (χ2v) is 5.75. The summed E-state index contributed by atoms with van der Waals surface area (Å²) in [5, 5.41) is 0. The molecule has 0 saturated carbocycles. The van der Waals surface area contributed by atoms with E-state index in [9.17, 15) is 9.59 Å². The van der Waals surface area contributed by atoms with Crippen molar-refractivity contribution in [2.45, 2.75) is 13.8 Å². The Bertz CT molecular complexity index is 503. The molecule has 0 aliphatic rings. The van der Waals surface area contributed by atoms with Crippen LogP contribution in [0.1, 0.15) is 24.2 Å². The highest BCUT2D eigenvalue weighted by atomic mass is 79.9. The van der Waals surface area contributed by atoms with Gasteiger partial charge in [-0.25, -0.2) is 0 Å². The lowest BCUT2D eigenvalue weighted by molar-refractivity contribution is -0.118. The number of primary amides is 1. The summed E-state index contributed by atoms with van der Waals surface area (Å²) >= 11 is 3.34. The van der Waals surface area contributed by atoms with E-state index in [1.54, 1.807) is 25.3 Å². The maximum Gasteiger partial charge on any atom is 0.254 e. The molecule has 1 aromatic carbocycles. The summed E-state index contributed by atoms with van der Waals surface area (Å²) in [6, 6.07) is 5.05. The van der Waals surface area contributed by atoms with Gasteiger partial charge in [-0.3, -0.25) is 9.59 Å². The zero-order valence-corrected chi connectivity index (χ0v) is 13.4. The molecular weight excluding hydrogens is 324 g/mol. The molecule has 0 aliphatic heterocycles. The molecule has 0 fully saturated rings. The second kappa shape index (κ2) is 7.28. The Hall–Kier alpha value is -1.56. The van der Waals surface area contributed by atoms with Crippen LogP contribution in [-0.4, -0.2) is 36.9 Å². The standard InChI is InChI=1S/C14H19BrN2O3/c1-9(2)7-17(8-13(16)18)14(19)10-4-5-12(20-3)11(15)6-10/h4-6,9H,7-8H2,1-3H3,(H2,16,18). The summed E-state index contributed by atoms with van der Waals surface area (Å²) in [7, 11) is 1.56. The van der Waals surface area contributed by atoms with E-state index in [2.05, 4.69) is 15.9 Å². The van der Waals surface area contributed by atoms with Crippen LogP contribution >= 0.6 is 15.9 Å². The molecular formula is C14H19BrN2O3. The van der Waals surface area contributed by atoms with Crippen molar-refractivity contribution in [3.05, 3.63) is 28.2 Å². The van der Waals surface area contributed by atoms with Gasteiger partial charge in [0.1, 0.15) is 5.75 Å². The molecule has 0 saturated heterocycles. The first-order valence-electron chi connectivity index (χ1n) is 6.26. The first-order chi connectivity index (χ1) is 9.35. The molecule has 0 spiro atoms. The van der Waals surface area contributed by atoms with Crippen LogP contribution < -0.4 is 10.5 Å². The lowest BCUT2D eigenvalue weighted by atomic mass is 10.1. The normalized spacial score (nSPS) is 10.4. The van der Waals surface area contributed by atoms with E-state index in [4.69, 9.17) is 10.5 Å². The number of halogens is 1. The van der Waals surface area contributed by atoms with Crippen LogP contribution in [0.25, 0.3) is 0 Å². The second-order valence-electron chi connectivity index (χ2n) is 4.90. The Morgan fingerprint density at radius 3 is 2.50 bits per heavy atom. The fourth-order valence-corrected chi connectivity index (χ4v) is 2.37. The third-order valence-electron chi connectivity index (χ3n) is 2.62. The Balaban J connectivity index is 2.98. The lowest BCUT2D eigenvalue weighted by Crippen LogP contribution is -2.40. The Morgan fingerprint density at radius 2 is 2.05 bits per heavy atom. The lowest BCUT2D eigenvalue weighted by Gasteiger charge is -2.23. The van der Waals surface area contributed by atoms with Crippen molar-refractivity contribution in [2.75, 3.05) is 20.2 Å². The van der Waals surface area contributed by atoms with Gasteiger partial charge in [0.2, 0.25) is 5.91 Å². The molecule has 0 heterocycles. The Labute approximate surface area is 127 Å². The van der Waals surface area contributed by atoms with Crippen molar-refractivity contribution in [3.8, 4) is 5.75 Å². The van der Waals surface area contributed by atoms with Crippen LogP contribution in [0.3, 0.4) is 0 Å². The number of nitrogens with zero attached hydrogens (tertiary/aromatic N) is 1. The molecule has 0 bridgehead atoms. The van der Waals surface area contributed by atoms with Gasteiger partial charge in [-0.2, -0.15) is 0 Å². The number of carbonyl (C=O) groups is 2. The van der Waals surface area contributed by atoms with Crippen LogP contribution in [0.4, 0.5) is 0 Å². The molecule has 110 valence electrons. The van der Waals surface area contributed by atoms with Crippen LogP contribution in [0.2, 0.25) is 0 Å². The first kappa shape index (κ1) is 16.5. The largest absolute Gasteiger partial charge is 0.496 e. The van der Waals surface area contributed by atoms with Crippen LogP contribution in [0.5, 0.6) is 5.75 Å². The minimum atomic E-state index is -0.522. The van der Waals surface area contributed by atoms with Gasteiger partial charge in [-0.15, -0.1) is 0 Å². The summed E-state index contributed by atoms with van der Waals surface area (Å²) in [4.78, 5) is 25.0.